The minimum atomic E-state index is -0.807. The van der Waals surface area contributed by atoms with Gasteiger partial charge in [-0.05, 0) is 43.4 Å². The number of carboxylic acids is 1. The first-order valence-corrected chi connectivity index (χ1v) is 7.98. The summed E-state index contributed by atoms with van der Waals surface area (Å²) >= 11 is 3.41. The van der Waals surface area contributed by atoms with Gasteiger partial charge >= 0.3 is 5.97 Å². The van der Waals surface area contributed by atoms with Gasteiger partial charge in [0.05, 0.1) is 5.41 Å². The lowest BCUT2D eigenvalue weighted by molar-refractivity contribution is -0.147. The summed E-state index contributed by atoms with van der Waals surface area (Å²) in [5, 5.41) is 9.24. The minimum absolute atomic E-state index is 0.0299. The minimum Gasteiger partial charge on any atom is -0.481 e. The molecule has 1 amide bonds. The third-order valence-corrected chi connectivity index (χ3v) is 5.24. The standard InChI is InChI=1S/C16H18BrNO3/c1-16(15(20)21)6-7-18(9-16)14(19)13-8-12(13)10-2-4-11(17)5-3-10/h2-5,12-13H,6-9H2,1H3,(H,20,21)/t12-,13-,16+/m1/s1. The highest BCUT2D eigenvalue weighted by Crippen LogP contribution is 2.49. The highest BCUT2D eigenvalue weighted by atomic mass is 79.9. The van der Waals surface area contributed by atoms with Gasteiger partial charge in [-0.1, -0.05) is 28.1 Å². The van der Waals surface area contributed by atoms with Crippen molar-refractivity contribution in [2.24, 2.45) is 11.3 Å². The van der Waals surface area contributed by atoms with E-state index in [4.69, 9.17) is 0 Å². The molecular weight excluding hydrogens is 334 g/mol. The molecule has 1 aromatic rings. The van der Waals surface area contributed by atoms with E-state index in [1.165, 1.54) is 5.56 Å². The molecule has 21 heavy (non-hydrogen) atoms. The van der Waals surface area contributed by atoms with Crippen molar-refractivity contribution in [3.63, 3.8) is 0 Å². The van der Waals surface area contributed by atoms with Crippen LogP contribution in [0.2, 0.25) is 0 Å². The van der Waals surface area contributed by atoms with E-state index in [2.05, 4.69) is 15.9 Å². The van der Waals surface area contributed by atoms with Crippen LogP contribution in [0.25, 0.3) is 0 Å². The van der Waals surface area contributed by atoms with E-state index in [-0.39, 0.29) is 11.8 Å². The average molecular weight is 352 g/mol. The van der Waals surface area contributed by atoms with Crippen molar-refractivity contribution in [3.05, 3.63) is 34.3 Å². The Morgan fingerprint density at radius 3 is 2.57 bits per heavy atom. The number of aliphatic carboxylic acids is 1. The van der Waals surface area contributed by atoms with Gasteiger partial charge < -0.3 is 10.0 Å². The van der Waals surface area contributed by atoms with E-state index in [0.717, 1.165) is 10.9 Å². The Kier molecular flexibility index (Phi) is 3.56. The van der Waals surface area contributed by atoms with Crippen molar-refractivity contribution in [2.45, 2.75) is 25.7 Å². The predicted molar refractivity (Wildman–Crippen MR) is 81.9 cm³/mol. The van der Waals surface area contributed by atoms with Crippen LogP contribution in [0.15, 0.2) is 28.7 Å². The second-order valence-corrected chi connectivity index (χ2v) is 7.29. The Bertz CT molecular complexity index is 586. The topological polar surface area (TPSA) is 57.6 Å². The van der Waals surface area contributed by atoms with Gasteiger partial charge in [0, 0.05) is 23.5 Å². The van der Waals surface area contributed by atoms with Crippen LogP contribution in [-0.4, -0.2) is 35.0 Å². The molecule has 0 radical (unpaired) electrons. The second-order valence-electron chi connectivity index (χ2n) is 6.38. The lowest BCUT2D eigenvalue weighted by Gasteiger charge is -2.20. The number of nitrogens with zero attached hydrogens (tertiary/aromatic N) is 1. The molecule has 0 spiro atoms. The molecule has 112 valence electrons. The van der Waals surface area contributed by atoms with Gasteiger partial charge in [-0.15, -0.1) is 0 Å². The van der Waals surface area contributed by atoms with Crippen molar-refractivity contribution in [2.75, 3.05) is 13.1 Å². The van der Waals surface area contributed by atoms with E-state index in [1.807, 2.05) is 24.3 Å². The fourth-order valence-electron chi connectivity index (χ4n) is 3.10. The molecule has 1 N–H and O–H groups in total. The lowest BCUT2D eigenvalue weighted by Crippen LogP contribution is -2.35. The molecule has 1 heterocycles. The summed E-state index contributed by atoms with van der Waals surface area (Å²) < 4.78 is 1.03. The number of rotatable bonds is 3. The zero-order valence-electron chi connectivity index (χ0n) is 11.9. The van der Waals surface area contributed by atoms with Gasteiger partial charge in [-0.3, -0.25) is 9.59 Å². The maximum atomic E-state index is 12.5. The summed E-state index contributed by atoms with van der Waals surface area (Å²) in [6.45, 7) is 2.62. The molecule has 2 aliphatic rings. The lowest BCUT2D eigenvalue weighted by atomic mass is 9.90. The number of carboxylic acid groups (broad SMARTS) is 1. The summed E-state index contributed by atoms with van der Waals surface area (Å²) in [5.41, 5.74) is 0.411. The molecule has 3 atom stereocenters. The summed E-state index contributed by atoms with van der Waals surface area (Å²) in [6.07, 6.45) is 1.42. The van der Waals surface area contributed by atoms with Gasteiger partial charge in [0.15, 0.2) is 0 Å². The molecule has 1 saturated carbocycles. The quantitative estimate of drug-likeness (QED) is 0.910. The van der Waals surface area contributed by atoms with E-state index >= 15 is 0 Å². The first-order chi connectivity index (χ1) is 9.90. The monoisotopic (exact) mass is 351 g/mol. The van der Waals surface area contributed by atoms with E-state index in [1.54, 1.807) is 11.8 Å². The second kappa shape index (κ2) is 5.13. The molecule has 0 bridgehead atoms. The first kappa shape index (κ1) is 14.6. The molecule has 1 aliphatic carbocycles. The zero-order valence-corrected chi connectivity index (χ0v) is 13.5. The smallest absolute Gasteiger partial charge is 0.311 e. The molecule has 1 saturated heterocycles. The molecule has 1 aliphatic heterocycles. The summed E-state index contributed by atoms with van der Waals surface area (Å²) in [6, 6.07) is 8.08. The van der Waals surface area contributed by atoms with Crippen molar-refractivity contribution in [3.8, 4) is 0 Å². The number of likely N-dealkylation sites (tertiary alicyclic amines) is 1. The maximum Gasteiger partial charge on any atom is 0.311 e. The van der Waals surface area contributed by atoms with Crippen LogP contribution in [0.5, 0.6) is 0 Å². The number of carbonyl (C=O) groups is 2. The number of halogens is 1. The number of amides is 1. The van der Waals surface area contributed by atoms with E-state index < -0.39 is 11.4 Å². The first-order valence-electron chi connectivity index (χ1n) is 7.18. The maximum absolute atomic E-state index is 12.5. The SMILES string of the molecule is C[C@]1(C(=O)O)CCN(C(=O)[C@@H]2C[C@@H]2c2ccc(Br)cc2)C1. The van der Waals surface area contributed by atoms with Crippen molar-refractivity contribution in [1.82, 2.24) is 4.90 Å². The Balaban J connectivity index is 1.64. The molecular formula is C16H18BrNO3. The number of benzene rings is 1. The number of carbonyl (C=O) groups excluding carboxylic acids is 1. The third-order valence-electron chi connectivity index (χ3n) is 4.71. The Morgan fingerprint density at radius 2 is 2.00 bits per heavy atom. The van der Waals surface area contributed by atoms with Gasteiger partial charge in [0.25, 0.3) is 0 Å². The molecule has 0 unspecified atom stereocenters. The van der Waals surface area contributed by atoms with Gasteiger partial charge in [0.2, 0.25) is 5.91 Å². The third kappa shape index (κ3) is 2.71. The fourth-order valence-corrected chi connectivity index (χ4v) is 3.37. The van der Waals surface area contributed by atoms with Crippen LogP contribution in [0.1, 0.15) is 31.2 Å². The average Bonchev–Trinajstić information content (AvgIpc) is 3.14. The highest BCUT2D eigenvalue weighted by Gasteiger charge is 2.49. The van der Waals surface area contributed by atoms with Crippen LogP contribution < -0.4 is 0 Å². The summed E-state index contributed by atoms with van der Waals surface area (Å²) in [7, 11) is 0. The fraction of sp³-hybridized carbons (Fsp3) is 0.500. The van der Waals surface area contributed by atoms with E-state index in [0.29, 0.717) is 25.4 Å². The van der Waals surface area contributed by atoms with Crippen molar-refractivity contribution in [1.29, 1.82) is 0 Å². The van der Waals surface area contributed by atoms with Crippen LogP contribution in [0, 0.1) is 11.3 Å². The predicted octanol–water partition coefficient (Wildman–Crippen LogP) is 2.88. The van der Waals surface area contributed by atoms with Crippen molar-refractivity contribution < 1.29 is 14.7 Å². The van der Waals surface area contributed by atoms with Crippen molar-refractivity contribution >= 4 is 27.8 Å². The molecule has 5 heteroatoms. The van der Waals surface area contributed by atoms with Crippen LogP contribution in [-0.2, 0) is 9.59 Å². The summed E-state index contributed by atoms with van der Waals surface area (Å²) in [5.74, 6) is -0.365. The van der Waals surface area contributed by atoms with Crippen LogP contribution in [0.4, 0.5) is 0 Å². The molecule has 1 aromatic carbocycles. The van der Waals surface area contributed by atoms with Gasteiger partial charge in [-0.2, -0.15) is 0 Å². The zero-order chi connectivity index (χ0) is 15.2. The molecule has 3 rings (SSSR count). The Morgan fingerprint density at radius 1 is 1.33 bits per heavy atom. The van der Waals surface area contributed by atoms with E-state index in [9.17, 15) is 14.7 Å². The molecule has 0 aromatic heterocycles. The molecule has 4 nitrogen and oxygen atoms in total. The number of hydrogen-bond donors (Lipinski definition) is 1. The number of hydrogen-bond acceptors (Lipinski definition) is 2. The highest BCUT2D eigenvalue weighted by molar-refractivity contribution is 9.10. The normalized spacial score (nSPS) is 31.2. The largest absolute Gasteiger partial charge is 0.481 e. The summed E-state index contributed by atoms with van der Waals surface area (Å²) in [4.78, 5) is 25.5. The van der Waals surface area contributed by atoms with Gasteiger partial charge in [-0.25, -0.2) is 0 Å². The Labute approximate surface area is 132 Å². The Hall–Kier alpha value is -1.36. The van der Waals surface area contributed by atoms with Crippen LogP contribution >= 0.6 is 15.9 Å². The molecule has 2 fully saturated rings. The van der Waals surface area contributed by atoms with Crippen LogP contribution in [0.3, 0.4) is 0 Å². The van der Waals surface area contributed by atoms with Gasteiger partial charge in [0.1, 0.15) is 0 Å².